The van der Waals surface area contributed by atoms with Gasteiger partial charge in [-0.1, -0.05) is 6.42 Å². The fourth-order valence-electron chi connectivity index (χ4n) is 3.64. The van der Waals surface area contributed by atoms with Crippen LogP contribution in [0.2, 0.25) is 0 Å². The molecule has 1 N–H and O–H groups in total. The van der Waals surface area contributed by atoms with Crippen LogP contribution in [0, 0.1) is 0 Å². The van der Waals surface area contributed by atoms with Crippen molar-refractivity contribution >= 4 is 5.69 Å². The number of aromatic nitrogens is 2. The van der Waals surface area contributed by atoms with Crippen LogP contribution < -0.4 is 5.32 Å². The molecular weight excluding hydrogens is 264 g/mol. The highest BCUT2D eigenvalue weighted by Gasteiger charge is 2.35. The lowest BCUT2D eigenvalue weighted by molar-refractivity contribution is 0.193. The van der Waals surface area contributed by atoms with Gasteiger partial charge in [0.15, 0.2) is 0 Å². The van der Waals surface area contributed by atoms with E-state index in [0.717, 1.165) is 11.6 Å². The summed E-state index contributed by atoms with van der Waals surface area (Å²) in [6.07, 6.45) is 6.67. The predicted octanol–water partition coefficient (Wildman–Crippen LogP) is 2.78. The van der Waals surface area contributed by atoms with Crippen LogP contribution >= 0.6 is 0 Å². The van der Waals surface area contributed by atoms with E-state index >= 15 is 0 Å². The lowest BCUT2D eigenvalue weighted by Crippen LogP contribution is -2.41. The number of anilines is 1. The molecule has 2 saturated heterocycles. The minimum Gasteiger partial charge on any atom is -0.423 e. The lowest BCUT2D eigenvalue weighted by atomic mass is 9.99. The highest BCUT2D eigenvalue weighted by atomic mass is 16.4. The molecule has 0 bridgehead atoms. The molecule has 4 rings (SSSR count). The Kier molecular flexibility index (Phi) is 3.35. The third-order valence-corrected chi connectivity index (χ3v) is 4.70. The number of benzene rings is 1. The number of fused-ring (bicyclic) bond motifs is 1. The fourth-order valence-corrected chi connectivity index (χ4v) is 3.64. The molecule has 2 aromatic rings. The van der Waals surface area contributed by atoms with Crippen LogP contribution in [0.4, 0.5) is 5.69 Å². The largest absolute Gasteiger partial charge is 0.423 e. The van der Waals surface area contributed by atoms with Crippen LogP contribution in [0.1, 0.15) is 25.7 Å². The Morgan fingerprint density at radius 3 is 2.81 bits per heavy atom. The molecular formula is C16H20N4O. The molecule has 2 fully saturated rings. The van der Waals surface area contributed by atoms with Gasteiger partial charge in [0.05, 0.1) is 0 Å². The second-order valence-electron chi connectivity index (χ2n) is 5.96. The molecule has 0 amide bonds. The summed E-state index contributed by atoms with van der Waals surface area (Å²) in [5, 5.41) is 11.3. The van der Waals surface area contributed by atoms with E-state index in [1.54, 1.807) is 0 Å². The van der Waals surface area contributed by atoms with Crippen molar-refractivity contribution < 1.29 is 4.42 Å². The van der Waals surface area contributed by atoms with Gasteiger partial charge in [0, 0.05) is 29.9 Å². The molecule has 2 atom stereocenters. The molecule has 0 aliphatic carbocycles. The first-order chi connectivity index (χ1) is 10.4. The van der Waals surface area contributed by atoms with E-state index in [1.807, 2.05) is 12.1 Å². The first-order valence-corrected chi connectivity index (χ1v) is 7.77. The summed E-state index contributed by atoms with van der Waals surface area (Å²) in [5.41, 5.74) is 2.14. The van der Waals surface area contributed by atoms with Crippen molar-refractivity contribution in [2.45, 2.75) is 37.8 Å². The molecule has 110 valence electrons. The molecule has 2 unspecified atom stereocenters. The number of nitrogens with zero attached hydrogens (tertiary/aromatic N) is 3. The summed E-state index contributed by atoms with van der Waals surface area (Å²) >= 11 is 0. The molecule has 21 heavy (non-hydrogen) atoms. The van der Waals surface area contributed by atoms with E-state index < -0.39 is 0 Å². The highest BCUT2D eigenvalue weighted by Crippen LogP contribution is 2.29. The van der Waals surface area contributed by atoms with Crippen molar-refractivity contribution in [2.24, 2.45) is 0 Å². The second-order valence-corrected chi connectivity index (χ2v) is 5.96. The van der Waals surface area contributed by atoms with Crippen molar-refractivity contribution in [1.29, 1.82) is 0 Å². The smallest absolute Gasteiger partial charge is 0.247 e. The zero-order valence-electron chi connectivity index (χ0n) is 12.0. The fraction of sp³-hybridized carbons (Fsp3) is 0.500. The van der Waals surface area contributed by atoms with Crippen LogP contribution in [-0.4, -0.2) is 40.3 Å². The first kappa shape index (κ1) is 12.8. The number of hydrogen-bond acceptors (Lipinski definition) is 5. The molecule has 0 spiro atoms. The number of nitrogens with one attached hydrogen (secondary N) is 1. The maximum Gasteiger partial charge on any atom is 0.247 e. The van der Waals surface area contributed by atoms with Crippen molar-refractivity contribution in [3.8, 4) is 11.5 Å². The van der Waals surface area contributed by atoms with Crippen molar-refractivity contribution in [1.82, 2.24) is 15.1 Å². The molecule has 0 saturated carbocycles. The molecule has 1 aromatic carbocycles. The van der Waals surface area contributed by atoms with Gasteiger partial charge >= 0.3 is 0 Å². The van der Waals surface area contributed by atoms with Crippen molar-refractivity contribution in [2.75, 3.05) is 18.4 Å². The second kappa shape index (κ2) is 5.48. The Balaban J connectivity index is 1.45. The maximum absolute atomic E-state index is 5.21. The first-order valence-electron chi connectivity index (χ1n) is 7.77. The lowest BCUT2D eigenvalue weighted by Gasteiger charge is -2.33. The molecule has 3 heterocycles. The van der Waals surface area contributed by atoms with Crippen LogP contribution in [0.25, 0.3) is 11.5 Å². The molecule has 5 nitrogen and oxygen atoms in total. The van der Waals surface area contributed by atoms with E-state index in [4.69, 9.17) is 4.42 Å². The number of hydrogen-bond donors (Lipinski definition) is 1. The minimum absolute atomic E-state index is 0.570. The SMILES string of the molecule is c1nnc(-c2ccc(NC3CCN4CCCCC34)cc2)o1. The van der Waals surface area contributed by atoms with Crippen LogP contribution in [0.15, 0.2) is 35.1 Å². The average molecular weight is 284 g/mol. The van der Waals surface area contributed by atoms with Gasteiger partial charge in [-0.15, -0.1) is 10.2 Å². The molecule has 1 aromatic heterocycles. The Morgan fingerprint density at radius 1 is 1.10 bits per heavy atom. The number of piperidine rings is 1. The summed E-state index contributed by atoms with van der Waals surface area (Å²) in [6.45, 7) is 2.52. The topological polar surface area (TPSA) is 54.2 Å². The van der Waals surface area contributed by atoms with E-state index in [0.29, 0.717) is 11.9 Å². The highest BCUT2D eigenvalue weighted by molar-refractivity contribution is 5.58. The zero-order chi connectivity index (χ0) is 14.1. The van der Waals surface area contributed by atoms with Crippen molar-refractivity contribution in [3.05, 3.63) is 30.7 Å². The van der Waals surface area contributed by atoms with E-state index in [-0.39, 0.29) is 0 Å². The quantitative estimate of drug-likeness (QED) is 0.939. The Morgan fingerprint density at radius 2 is 2.00 bits per heavy atom. The average Bonchev–Trinajstić information content (AvgIpc) is 3.19. The van der Waals surface area contributed by atoms with Gasteiger partial charge in [-0.3, -0.25) is 4.90 Å². The monoisotopic (exact) mass is 284 g/mol. The van der Waals surface area contributed by atoms with Gasteiger partial charge in [-0.25, -0.2) is 0 Å². The Hall–Kier alpha value is -1.88. The number of rotatable bonds is 3. The minimum atomic E-state index is 0.570. The van der Waals surface area contributed by atoms with Crippen LogP contribution in [0.5, 0.6) is 0 Å². The van der Waals surface area contributed by atoms with Gasteiger partial charge in [0.25, 0.3) is 0 Å². The third-order valence-electron chi connectivity index (χ3n) is 4.70. The predicted molar refractivity (Wildman–Crippen MR) is 81.0 cm³/mol. The summed E-state index contributed by atoms with van der Waals surface area (Å²) in [7, 11) is 0. The molecule has 2 aliphatic heterocycles. The summed E-state index contributed by atoms with van der Waals surface area (Å²) < 4.78 is 5.21. The van der Waals surface area contributed by atoms with Gasteiger partial charge in [-0.2, -0.15) is 0 Å². The normalized spacial score (nSPS) is 25.7. The summed E-state index contributed by atoms with van der Waals surface area (Å²) in [5.74, 6) is 0.570. The summed E-state index contributed by atoms with van der Waals surface area (Å²) in [4.78, 5) is 2.65. The van der Waals surface area contributed by atoms with Gasteiger partial charge in [0.2, 0.25) is 12.3 Å². The van der Waals surface area contributed by atoms with Gasteiger partial charge in [0.1, 0.15) is 0 Å². The maximum atomic E-state index is 5.21. The van der Waals surface area contributed by atoms with Crippen LogP contribution in [0.3, 0.4) is 0 Å². The van der Waals surface area contributed by atoms with Crippen molar-refractivity contribution in [3.63, 3.8) is 0 Å². The Bertz CT molecular complexity index is 581. The molecule has 2 aliphatic rings. The van der Waals surface area contributed by atoms with Crippen LogP contribution in [-0.2, 0) is 0 Å². The molecule has 0 radical (unpaired) electrons. The van der Waals surface area contributed by atoms with Gasteiger partial charge in [-0.05, 0) is 50.1 Å². The molecule has 5 heteroatoms. The standard InChI is InChI=1S/C16H20N4O/c1-2-9-20-10-8-14(15(20)3-1)18-13-6-4-12(5-7-13)16-19-17-11-21-16/h4-7,11,14-15,18H,1-3,8-10H2. The zero-order valence-corrected chi connectivity index (χ0v) is 12.0. The van der Waals surface area contributed by atoms with E-state index in [1.165, 1.54) is 50.9 Å². The third kappa shape index (κ3) is 2.53. The van der Waals surface area contributed by atoms with E-state index in [2.05, 4.69) is 32.5 Å². The van der Waals surface area contributed by atoms with Gasteiger partial charge < -0.3 is 9.73 Å². The summed E-state index contributed by atoms with van der Waals surface area (Å²) in [6, 6.07) is 9.57. The Labute approximate surface area is 124 Å². The van der Waals surface area contributed by atoms with E-state index in [9.17, 15) is 0 Å².